The van der Waals surface area contributed by atoms with Crippen LogP contribution < -0.4 is 10.1 Å². The molecule has 1 aliphatic rings. The molecule has 0 spiro atoms. The van der Waals surface area contributed by atoms with Crippen molar-refractivity contribution in [1.29, 1.82) is 5.26 Å². The highest BCUT2D eigenvalue weighted by atomic mass is 19.4. The number of rotatable bonds is 5. The molecule has 0 saturated carbocycles. The number of hydrogen-bond donors (Lipinski definition) is 2. The maximum absolute atomic E-state index is 12.6. The molecule has 1 aromatic rings. The summed E-state index contributed by atoms with van der Waals surface area (Å²) in [6.07, 6.45) is -3.85. The van der Waals surface area contributed by atoms with Crippen LogP contribution in [-0.4, -0.2) is 46.9 Å². The van der Waals surface area contributed by atoms with E-state index in [4.69, 9.17) is 5.26 Å². The van der Waals surface area contributed by atoms with E-state index >= 15 is 0 Å². The lowest BCUT2D eigenvalue weighted by atomic mass is 9.95. The molecule has 1 aromatic carbocycles. The Balaban J connectivity index is 2.05. The average molecular weight is 413 g/mol. The number of benzene rings is 1. The fourth-order valence-corrected chi connectivity index (χ4v) is 3.08. The van der Waals surface area contributed by atoms with E-state index in [2.05, 4.69) is 10.1 Å². The van der Waals surface area contributed by atoms with Crippen molar-refractivity contribution in [3.05, 3.63) is 29.3 Å². The molecule has 2 amide bonds. The zero-order chi connectivity index (χ0) is 21.8. The molecule has 10 heteroatoms. The van der Waals surface area contributed by atoms with Crippen molar-refractivity contribution in [3.8, 4) is 11.8 Å². The van der Waals surface area contributed by atoms with Crippen LogP contribution >= 0.6 is 0 Å². The molecule has 1 saturated heterocycles. The number of nitrogens with zero attached hydrogens (tertiary/aromatic N) is 2. The van der Waals surface area contributed by atoms with Crippen LogP contribution in [0.3, 0.4) is 0 Å². The lowest BCUT2D eigenvalue weighted by molar-refractivity contribution is -0.274. The molecule has 0 radical (unpaired) electrons. The average Bonchev–Trinajstić information content (AvgIpc) is 2.64. The smallest absolute Gasteiger partial charge is 0.405 e. The van der Waals surface area contributed by atoms with Crippen LogP contribution in [0.5, 0.6) is 5.75 Å². The SMILES string of the molecule is CC(C)(O)C(=O)N1CCC[C@@H](C(=O)NCc2ccc(C#N)cc2OC(F)(F)F)C1. The van der Waals surface area contributed by atoms with Crippen molar-refractivity contribution in [2.75, 3.05) is 13.1 Å². The van der Waals surface area contributed by atoms with Gasteiger partial charge in [0.05, 0.1) is 17.6 Å². The van der Waals surface area contributed by atoms with Crippen molar-refractivity contribution in [3.63, 3.8) is 0 Å². The summed E-state index contributed by atoms with van der Waals surface area (Å²) in [7, 11) is 0. The van der Waals surface area contributed by atoms with Gasteiger partial charge in [-0.05, 0) is 38.8 Å². The van der Waals surface area contributed by atoms with Crippen LogP contribution in [0.25, 0.3) is 0 Å². The monoisotopic (exact) mass is 413 g/mol. The molecule has 2 N–H and O–H groups in total. The maximum atomic E-state index is 12.6. The predicted molar refractivity (Wildman–Crippen MR) is 95.3 cm³/mol. The molecule has 0 bridgehead atoms. The molecule has 1 heterocycles. The third-order valence-electron chi connectivity index (χ3n) is 4.48. The fraction of sp³-hybridized carbons (Fsp3) is 0.526. The predicted octanol–water partition coefficient (Wildman–Crippen LogP) is 2.08. The van der Waals surface area contributed by atoms with Gasteiger partial charge in [0.1, 0.15) is 11.4 Å². The van der Waals surface area contributed by atoms with Gasteiger partial charge in [0.25, 0.3) is 5.91 Å². The minimum absolute atomic E-state index is 0.00706. The van der Waals surface area contributed by atoms with Gasteiger partial charge in [-0.3, -0.25) is 9.59 Å². The standard InChI is InChI=1S/C19H22F3N3O4/c1-18(2,28)17(27)25-7-3-4-14(11-25)16(26)24-10-13-6-5-12(9-23)8-15(13)29-19(20,21)22/h5-6,8,14,28H,3-4,7,10-11H2,1-2H3,(H,24,26)/t14-/m1/s1. The zero-order valence-electron chi connectivity index (χ0n) is 16.0. The lowest BCUT2D eigenvalue weighted by Crippen LogP contribution is -2.51. The first-order chi connectivity index (χ1) is 13.4. The number of aliphatic hydroxyl groups is 1. The van der Waals surface area contributed by atoms with Gasteiger partial charge < -0.3 is 20.1 Å². The molecule has 1 atom stereocenters. The Morgan fingerprint density at radius 3 is 2.66 bits per heavy atom. The molecule has 1 fully saturated rings. The normalized spacial score (nSPS) is 17.4. The van der Waals surface area contributed by atoms with E-state index in [0.717, 1.165) is 6.07 Å². The van der Waals surface area contributed by atoms with Crippen LogP contribution in [0.1, 0.15) is 37.8 Å². The number of nitrogens with one attached hydrogen (secondary N) is 1. The third-order valence-corrected chi connectivity index (χ3v) is 4.48. The summed E-state index contributed by atoms with van der Waals surface area (Å²) in [5.41, 5.74) is -1.49. The molecular weight excluding hydrogens is 391 g/mol. The minimum atomic E-state index is -4.94. The molecule has 0 aromatic heterocycles. The lowest BCUT2D eigenvalue weighted by Gasteiger charge is -2.35. The van der Waals surface area contributed by atoms with Gasteiger partial charge in [-0.15, -0.1) is 13.2 Å². The molecule has 29 heavy (non-hydrogen) atoms. The Kier molecular flexibility index (Phi) is 6.74. The Morgan fingerprint density at radius 2 is 2.07 bits per heavy atom. The summed E-state index contributed by atoms with van der Waals surface area (Å²) < 4.78 is 41.8. The van der Waals surface area contributed by atoms with Crippen molar-refractivity contribution >= 4 is 11.8 Å². The van der Waals surface area contributed by atoms with Crippen molar-refractivity contribution in [2.45, 2.75) is 45.2 Å². The Labute approximate surface area is 166 Å². The number of likely N-dealkylation sites (tertiary alicyclic amines) is 1. The number of piperidine rings is 1. The molecule has 2 rings (SSSR count). The van der Waals surface area contributed by atoms with Crippen LogP contribution in [0.15, 0.2) is 18.2 Å². The summed E-state index contributed by atoms with van der Waals surface area (Å²) in [6.45, 7) is 3.05. The van der Waals surface area contributed by atoms with Crippen molar-refractivity contribution in [1.82, 2.24) is 10.2 Å². The number of carbonyl (C=O) groups excluding carboxylic acids is 2. The first-order valence-electron chi connectivity index (χ1n) is 8.99. The van der Waals surface area contributed by atoms with Crippen LogP contribution in [0.2, 0.25) is 0 Å². The zero-order valence-corrected chi connectivity index (χ0v) is 16.0. The van der Waals surface area contributed by atoms with Gasteiger partial charge in [-0.25, -0.2) is 0 Å². The van der Waals surface area contributed by atoms with Crippen LogP contribution in [0, 0.1) is 17.2 Å². The molecule has 158 valence electrons. The van der Waals surface area contributed by atoms with E-state index in [1.807, 2.05) is 0 Å². The van der Waals surface area contributed by atoms with Gasteiger partial charge in [-0.1, -0.05) is 6.07 Å². The second-order valence-corrected chi connectivity index (χ2v) is 7.35. The topological polar surface area (TPSA) is 103 Å². The van der Waals surface area contributed by atoms with E-state index in [1.54, 1.807) is 6.07 Å². The molecule has 1 aliphatic heterocycles. The number of carbonyl (C=O) groups is 2. The summed E-state index contributed by atoms with van der Waals surface area (Å²) in [4.78, 5) is 26.1. The van der Waals surface area contributed by atoms with E-state index in [9.17, 15) is 27.9 Å². The van der Waals surface area contributed by atoms with Gasteiger partial charge in [0.2, 0.25) is 5.91 Å². The Hall–Kier alpha value is -2.80. The van der Waals surface area contributed by atoms with E-state index in [1.165, 1.54) is 30.9 Å². The molecule has 0 unspecified atom stereocenters. The summed E-state index contributed by atoms with van der Waals surface area (Å²) in [5, 5.41) is 21.3. The molecular formula is C19H22F3N3O4. The minimum Gasteiger partial charge on any atom is -0.405 e. The second-order valence-electron chi connectivity index (χ2n) is 7.35. The van der Waals surface area contributed by atoms with Gasteiger partial charge in [0.15, 0.2) is 0 Å². The fourth-order valence-electron chi connectivity index (χ4n) is 3.08. The van der Waals surface area contributed by atoms with Crippen molar-refractivity contribution in [2.24, 2.45) is 5.92 Å². The van der Waals surface area contributed by atoms with E-state index < -0.39 is 35.4 Å². The Bertz CT molecular complexity index is 812. The number of hydrogen-bond acceptors (Lipinski definition) is 5. The highest BCUT2D eigenvalue weighted by Gasteiger charge is 2.35. The highest BCUT2D eigenvalue weighted by Crippen LogP contribution is 2.28. The Morgan fingerprint density at radius 1 is 1.38 bits per heavy atom. The summed E-state index contributed by atoms with van der Waals surface area (Å²) >= 11 is 0. The van der Waals surface area contributed by atoms with Gasteiger partial charge in [0, 0.05) is 25.2 Å². The number of nitriles is 1. The number of halogens is 3. The summed E-state index contributed by atoms with van der Waals surface area (Å²) in [6, 6.07) is 5.30. The van der Waals surface area contributed by atoms with Crippen LogP contribution in [0.4, 0.5) is 13.2 Å². The largest absolute Gasteiger partial charge is 0.573 e. The molecule has 7 nitrogen and oxygen atoms in total. The van der Waals surface area contributed by atoms with Gasteiger partial charge >= 0.3 is 6.36 Å². The third kappa shape index (κ3) is 6.35. The maximum Gasteiger partial charge on any atom is 0.573 e. The summed E-state index contributed by atoms with van der Waals surface area (Å²) in [5.74, 6) is -2.00. The first kappa shape index (κ1) is 22.5. The molecule has 0 aliphatic carbocycles. The quantitative estimate of drug-likeness (QED) is 0.770. The van der Waals surface area contributed by atoms with Crippen LogP contribution in [-0.2, 0) is 16.1 Å². The number of amides is 2. The highest BCUT2D eigenvalue weighted by molar-refractivity contribution is 5.85. The number of alkyl halides is 3. The van der Waals surface area contributed by atoms with Crippen molar-refractivity contribution < 1.29 is 32.6 Å². The van der Waals surface area contributed by atoms with E-state index in [0.29, 0.717) is 19.4 Å². The first-order valence-corrected chi connectivity index (χ1v) is 8.99. The van der Waals surface area contributed by atoms with E-state index in [-0.39, 0.29) is 24.2 Å². The number of ether oxygens (including phenoxy) is 1. The second kappa shape index (κ2) is 8.69. The van der Waals surface area contributed by atoms with Gasteiger partial charge in [-0.2, -0.15) is 5.26 Å².